The number of ether oxygens (including phenoxy) is 1. The van der Waals surface area contributed by atoms with Crippen molar-refractivity contribution in [2.45, 2.75) is 43.6 Å². The highest BCUT2D eigenvalue weighted by molar-refractivity contribution is 7.91. The van der Waals surface area contributed by atoms with Gasteiger partial charge in [-0.3, -0.25) is 0 Å². The molecule has 0 spiro atoms. The lowest BCUT2D eigenvalue weighted by atomic mass is 9.58. The van der Waals surface area contributed by atoms with Gasteiger partial charge in [0.15, 0.2) is 9.84 Å². The maximum Gasteiger partial charge on any atom is 0.152 e. The third-order valence-corrected chi connectivity index (χ3v) is 8.63. The van der Waals surface area contributed by atoms with Crippen LogP contribution >= 0.6 is 11.6 Å². The highest BCUT2D eigenvalue weighted by atomic mass is 35.5. The number of sulfone groups is 1. The van der Waals surface area contributed by atoms with Gasteiger partial charge in [-0.1, -0.05) is 36.2 Å². The molecule has 1 saturated carbocycles. The molecule has 1 aliphatic carbocycles. The summed E-state index contributed by atoms with van der Waals surface area (Å²) in [5.41, 5.74) is 4.03. The average Bonchev–Trinajstić information content (AvgIpc) is 2.72. The van der Waals surface area contributed by atoms with Gasteiger partial charge in [-0.05, 0) is 73.2 Å². The Morgan fingerprint density at radius 2 is 1.90 bits per heavy atom. The van der Waals surface area contributed by atoms with Crippen LogP contribution in [-0.2, 0) is 21.7 Å². The van der Waals surface area contributed by atoms with Gasteiger partial charge < -0.3 is 15.2 Å². The molecule has 0 radical (unpaired) electrons. The number of hydrogen-bond donors (Lipinski definition) is 2. The van der Waals surface area contributed by atoms with Crippen LogP contribution in [0.15, 0.2) is 42.5 Å². The van der Waals surface area contributed by atoms with Crippen molar-refractivity contribution in [2.24, 2.45) is 0 Å². The first-order valence-corrected chi connectivity index (χ1v) is 13.2. The number of rotatable bonds is 9. The van der Waals surface area contributed by atoms with Crippen molar-refractivity contribution in [3.05, 3.63) is 64.2 Å². The molecule has 0 bridgehead atoms. The molecule has 5 nitrogen and oxygen atoms in total. The summed E-state index contributed by atoms with van der Waals surface area (Å²) in [5.74, 6) is 0.617. The molecular weight excluding hydrogens is 434 g/mol. The number of fused-ring (bicyclic) bond motifs is 1. The second-order valence-electron chi connectivity index (χ2n) is 8.59. The maximum absolute atomic E-state index is 11.7. The van der Waals surface area contributed by atoms with Crippen LogP contribution in [0, 0.1) is 0 Å². The minimum Gasteiger partial charge on any atom is -0.494 e. The van der Waals surface area contributed by atoms with E-state index in [1.54, 1.807) is 0 Å². The number of benzene rings is 2. The van der Waals surface area contributed by atoms with E-state index in [-0.39, 0.29) is 29.6 Å². The molecule has 1 unspecified atom stereocenters. The Morgan fingerprint density at radius 3 is 2.58 bits per heavy atom. The van der Waals surface area contributed by atoms with Crippen molar-refractivity contribution in [3.8, 4) is 5.75 Å². The summed E-state index contributed by atoms with van der Waals surface area (Å²) in [6.45, 7) is 0.956. The first kappa shape index (κ1) is 22.6. The third kappa shape index (κ3) is 4.92. The monoisotopic (exact) mass is 463 g/mol. The zero-order chi connectivity index (χ0) is 21.9. The largest absolute Gasteiger partial charge is 0.494 e. The van der Waals surface area contributed by atoms with Crippen molar-refractivity contribution in [1.82, 2.24) is 5.32 Å². The number of nitrogens with one attached hydrogen (secondary N) is 1. The van der Waals surface area contributed by atoms with Gasteiger partial charge >= 0.3 is 0 Å². The minimum atomic E-state index is -3.21. The Labute approximate surface area is 189 Å². The molecule has 0 saturated heterocycles. The molecule has 1 aliphatic heterocycles. The molecule has 31 heavy (non-hydrogen) atoms. The van der Waals surface area contributed by atoms with E-state index in [1.807, 2.05) is 18.2 Å². The number of halogens is 1. The molecular formula is C24H30ClNO4S. The van der Waals surface area contributed by atoms with Gasteiger partial charge in [0.2, 0.25) is 0 Å². The van der Waals surface area contributed by atoms with Crippen molar-refractivity contribution in [1.29, 1.82) is 0 Å². The molecule has 4 rings (SSSR count). The highest BCUT2D eigenvalue weighted by Gasteiger charge is 2.47. The Morgan fingerprint density at radius 1 is 1.13 bits per heavy atom. The van der Waals surface area contributed by atoms with E-state index in [4.69, 9.17) is 21.4 Å². The predicted octanol–water partition coefficient (Wildman–Crippen LogP) is 3.82. The molecule has 2 aromatic carbocycles. The van der Waals surface area contributed by atoms with E-state index >= 15 is 0 Å². The summed E-state index contributed by atoms with van der Waals surface area (Å²) in [7, 11) is -3.21. The Bertz CT molecular complexity index is 1000. The van der Waals surface area contributed by atoms with Crippen LogP contribution in [0.5, 0.6) is 5.75 Å². The zero-order valence-electron chi connectivity index (χ0n) is 17.6. The van der Waals surface area contributed by atoms with Crippen LogP contribution in [0.25, 0.3) is 0 Å². The molecule has 2 aromatic rings. The van der Waals surface area contributed by atoms with E-state index in [0.717, 1.165) is 36.6 Å². The van der Waals surface area contributed by atoms with Gasteiger partial charge in [-0.15, -0.1) is 0 Å². The fourth-order valence-corrected chi connectivity index (χ4v) is 6.07. The molecule has 0 aromatic heterocycles. The number of aliphatic hydroxyl groups excluding tert-OH is 1. The average molecular weight is 464 g/mol. The molecule has 0 amide bonds. The molecule has 1 heterocycles. The Kier molecular flexibility index (Phi) is 6.92. The van der Waals surface area contributed by atoms with Gasteiger partial charge in [0.1, 0.15) is 5.75 Å². The van der Waals surface area contributed by atoms with E-state index in [2.05, 4.69) is 29.6 Å². The van der Waals surface area contributed by atoms with E-state index in [0.29, 0.717) is 13.0 Å². The summed E-state index contributed by atoms with van der Waals surface area (Å²) in [6.07, 6.45) is 4.89. The van der Waals surface area contributed by atoms with Gasteiger partial charge in [0.25, 0.3) is 0 Å². The topological polar surface area (TPSA) is 75.6 Å². The second kappa shape index (κ2) is 9.49. The lowest BCUT2D eigenvalue weighted by Crippen LogP contribution is -2.49. The third-order valence-electron chi connectivity index (χ3n) is 6.66. The Hall–Kier alpha value is -1.60. The summed E-state index contributed by atoms with van der Waals surface area (Å²) < 4.78 is 29.4. The first-order valence-electron chi connectivity index (χ1n) is 11.0. The molecule has 2 N–H and O–H groups in total. The minimum absolute atomic E-state index is 0.0301. The van der Waals surface area contributed by atoms with Crippen LogP contribution in [0.1, 0.15) is 48.4 Å². The van der Waals surface area contributed by atoms with Crippen LogP contribution in [0.3, 0.4) is 0 Å². The van der Waals surface area contributed by atoms with Crippen molar-refractivity contribution >= 4 is 21.4 Å². The number of aliphatic hydroxyl groups is 1. The molecule has 1 fully saturated rings. The highest BCUT2D eigenvalue weighted by Crippen LogP contribution is 2.53. The maximum atomic E-state index is 11.7. The van der Waals surface area contributed by atoms with E-state index in [9.17, 15) is 8.42 Å². The molecule has 2 aliphatic rings. The summed E-state index contributed by atoms with van der Waals surface area (Å²) >= 11 is 6.13. The quantitative estimate of drug-likeness (QED) is 0.553. The van der Waals surface area contributed by atoms with Gasteiger partial charge in [-0.2, -0.15) is 0 Å². The second-order valence-corrected chi connectivity index (χ2v) is 11.3. The fraction of sp³-hybridized carbons (Fsp3) is 0.500. The van der Waals surface area contributed by atoms with Crippen molar-refractivity contribution in [3.63, 3.8) is 0 Å². The predicted molar refractivity (Wildman–Crippen MR) is 124 cm³/mol. The summed E-state index contributed by atoms with van der Waals surface area (Å²) in [5, 5.41) is 13.4. The zero-order valence-corrected chi connectivity index (χ0v) is 19.2. The summed E-state index contributed by atoms with van der Waals surface area (Å²) in [6, 6.07) is 14.8. The van der Waals surface area contributed by atoms with E-state index in [1.165, 1.54) is 23.1 Å². The molecule has 7 heteroatoms. The van der Waals surface area contributed by atoms with Crippen molar-refractivity contribution in [2.75, 3.05) is 31.3 Å². The van der Waals surface area contributed by atoms with Crippen LogP contribution in [-0.4, -0.2) is 44.8 Å². The lowest BCUT2D eigenvalue weighted by molar-refractivity contribution is 0.164. The van der Waals surface area contributed by atoms with Crippen molar-refractivity contribution < 1.29 is 18.3 Å². The molecule has 1 atom stereocenters. The van der Waals surface area contributed by atoms with Crippen LogP contribution in [0.2, 0.25) is 5.02 Å². The first-order chi connectivity index (χ1) is 14.9. The fourth-order valence-electron chi connectivity index (χ4n) is 4.91. The smallest absolute Gasteiger partial charge is 0.152 e. The van der Waals surface area contributed by atoms with E-state index < -0.39 is 9.84 Å². The summed E-state index contributed by atoms with van der Waals surface area (Å²) in [4.78, 5) is 0. The van der Waals surface area contributed by atoms with Gasteiger partial charge in [-0.25, -0.2) is 8.42 Å². The van der Waals surface area contributed by atoms with Crippen LogP contribution < -0.4 is 10.1 Å². The van der Waals surface area contributed by atoms with Gasteiger partial charge in [0.05, 0.1) is 24.7 Å². The number of hydrogen-bond acceptors (Lipinski definition) is 5. The van der Waals surface area contributed by atoms with Gasteiger partial charge in [0, 0.05) is 16.5 Å². The Balaban J connectivity index is 1.51. The standard InChI is InChI=1S/C24H30ClNO4S/c25-20-6-4-19(5-7-20)24(10-1-11-24)23-22-17-21(8-3-18(22)9-12-26-23)30-14-2-15-31(28,29)16-13-27/h3-8,17,23,26-27H,1-2,9-16H2. The SMILES string of the molecule is O=S(=O)(CCO)CCCOc1ccc2c(c1)C(C1(c3ccc(Cl)cc3)CCC1)NCC2. The van der Waals surface area contributed by atoms with Crippen LogP contribution in [0.4, 0.5) is 0 Å². The lowest BCUT2D eigenvalue weighted by Gasteiger charge is -2.50. The molecule has 168 valence electrons. The normalized spacial score (nSPS) is 20.0.